The Hall–Kier alpha value is -1.20. The fourth-order valence-corrected chi connectivity index (χ4v) is 2.23. The highest BCUT2D eigenvalue weighted by Crippen LogP contribution is 2.15. The number of nitrogens with one attached hydrogen (secondary N) is 1. The van der Waals surface area contributed by atoms with Gasteiger partial charge in [-0.1, -0.05) is 6.92 Å². The first-order valence-electron chi connectivity index (χ1n) is 7.15. The predicted molar refractivity (Wildman–Crippen MR) is 76.3 cm³/mol. The van der Waals surface area contributed by atoms with E-state index in [4.69, 9.17) is 4.74 Å². The lowest BCUT2D eigenvalue weighted by molar-refractivity contribution is 0.116. The van der Waals surface area contributed by atoms with Crippen LogP contribution in [0.15, 0.2) is 12.1 Å². The Morgan fingerprint density at radius 1 is 1.42 bits per heavy atom. The summed E-state index contributed by atoms with van der Waals surface area (Å²) in [5.74, 6) is 0.912. The number of likely N-dealkylation sites (N-methyl/N-ethyl adjacent to an activating group) is 1. The van der Waals surface area contributed by atoms with Crippen LogP contribution in [0.2, 0.25) is 0 Å². The standard InChI is InChI=1S/C14H24N4O/c1-3-8-15-10-12-6-7-14(17-16-12)18(2)11-13-5-4-9-19-13/h6-7,13,15H,3-5,8-11H2,1-2H3. The topological polar surface area (TPSA) is 50.3 Å². The molecule has 1 aromatic rings. The van der Waals surface area contributed by atoms with Crippen molar-refractivity contribution in [2.24, 2.45) is 0 Å². The van der Waals surface area contributed by atoms with Gasteiger partial charge >= 0.3 is 0 Å². The molecule has 0 aromatic carbocycles. The van der Waals surface area contributed by atoms with Crippen LogP contribution in [0.5, 0.6) is 0 Å². The van der Waals surface area contributed by atoms with Gasteiger partial charge in [-0.15, -0.1) is 5.10 Å². The molecule has 1 atom stereocenters. The summed E-state index contributed by atoms with van der Waals surface area (Å²) in [5.41, 5.74) is 0.989. The number of anilines is 1. The monoisotopic (exact) mass is 264 g/mol. The maximum Gasteiger partial charge on any atom is 0.151 e. The van der Waals surface area contributed by atoms with Gasteiger partial charge in [0.1, 0.15) is 0 Å². The summed E-state index contributed by atoms with van der Waals surface area (Å²) in [4.78, 5) is 2.12. The zero-order chi connectivity index (χ0) is 13.5. The number of nitrogens with zero attached hydrogens (tertiary/aromatic N) is 3. The van der Waals surface area contributed by atoms with E-state index in [1.54, 1.807) is 0 Å². The molecule has 0 aliphatic carbocycles. The van der Waals surface area contributed by atoms with Crippen molar-refractivity contribution in [3.05, 3.63) is 17.8 Å². The highest BCUT2D eigenvalue weighted by atomic mass is 16.5. The molecule has 1 unspecified atom stereocenters. The third-order valence-corrected chi connectivity index (χ3v) is 3.33. The third-order valence-electron chi connectivity index (χ3n) is 3.33. The van der Waals surface area contributed by atoms with Gasteiger partial charge in [0.05, 0.1) is 11.8 Å². The van der Waals surface area contributed by atoms with Crippen molar-refractivity contribution in [1.82, 2.24) is 15.5 Å². The SMILES string of the molecule is CCCNCc1ccc(N(C)CC2CCCO2)nn1. The lowest BCUT2D eigenvalue weighted by Crippen LogP contribution is -2.29. The fourth-order valence-electron chi connectivity index (χ4n) is 2.23. The minimum absolute atomic E-state index is 0.345. The molecule has 0 bridgehead atoms. The Bertz CT molecular complexity index is 362. The van der Waals surface area contributed by atoms with Crippen molar-refractivity contribution in [3.63, 3.8) is 0 Å². The fraction of sp³-hybridized carbons (Fsp3) is 0.714. The predicted octanol–water partition coefficient (Wildman–Crippen LogP) is 1.59. The van der Waals surface area contributed by atoms with Crippen molar-refractivity contribution >= 4 is 5.82 Å². The number of rotatable bonds is 7. The maximum absolute atomic E-state index is 5.63. The van der Waals surface area contributed by atoms with Crippen LogP contribution in [0.25, 0.3) is 0 Å². The van der Waals surface area contributed by atoms with Gasteiger partial charge in [-0.05, 0) is 37.9 Å². The Morgan fingerprint density at radius 3 is 2.95 bits per heavy atom. The zero-order valence-corrected chi connectivity index (χ0v) is 11.9. The van der Waals surface area contributed by atoms with E-state index in [2.05, 4.69) is 27.3 Å². The van der Waals surface area contributed by atoms with E-state index in [-0.39, 0.29) is 0 Å². The van der Waals surface area contributed by atoms with Gasteiger partial charge in [0.2, 0.25) is 0 Å². The van der Waals surface area contributed by atoms with E-state index in [0.717, 1.165) is 50.6 Å². The molecule has 5 heteroatoms. The average Bonchev–Trinajstić information content (AvgIpc) is 2.93. The number of hydrogen-bond donors (Lipinski definition) is 1. The maximum atomic E-state index is 5.63. The molecule has 0 saturated carbocycles. The Labute approximate surface area is 115 Å². The first-order chi connectivity index (χ1) is 9.29. The van der Waals surface area contributed by atoms with Crippen LogP contribution in [-0.2, 0) is 11.3 Å². The normalized spacial score (nSPS) is 18.7. The molecule has 1 saturated heterocycles. The summed E-state index contributed by atoms with van der Waals surface area (Å²) >= 11 is 0. The molecule has 2 rings (SSSR count). The molecule has 0 radical (unpaired) electrons. The van der Waals surface area contributed by atoms with E-state index in [0.29, 0.717) is 6.10 Å². The highest BCUT2D eigenvalue weighted by Gasteiger charge is 2.18. The summed E-state index contributed by atoms with van der Waals surface area (Å²) in [6.45, 7) is 5.75. The molecule has 2 heterocycles. The second-order valence-corrected chi connectivity index (χ2v) is 5.08. The van der Waals surface area contributed by atoms with Gasteiger partial charge in [0.25, 0.3) is 0 Å². The van der Waals surface area contributed by atoms with Crippen LogP contribution in [-0.4, -0.2) is 43.0 Å². The number of ether oxygens (including phenoxy) is 1. The quantitative estimate of drug-likeness (QED) is 0.758. The van der Waals surface area contributed by atoms with Crippen molar-refractivity contribution < 1.29 is 4.74 Å². The van der Waals surface area contributed by atoms with Gasteiger partial charge in [0, 0.05) is 26.7 Å². The summed E-state index contributed by atoms with van der Waals surface area (Å²) in [6.07, 6.45) is 3.80. The summed E-state index contributed by atoms with van der Waals surface area (Å²) in [7, 11) is 2.04. The van der Waals surface area contributed by atoms with E-state index in [1.165, 1.54) is 6.42 Å². The third kappa shape index (κ3) is 4.44. The van der Waals surface area contributed by atoms with Gasteiger partial charge in [0.15, 0.2) is 5.82 Å². The van der Waals surface area contributed by atoms with Gasteiger partial charge in [-0.25, -0.2) is 0 Å². The second kappa shape index (κ2) is 7.40. The molecule has 1 aliphatic heterocycles. The molecule has 1 fully saturated rings. The van der Waals surface area contributed by atoms with Gasteiger partial charge in [-0.2, -0.15) is 5.10 Å². The zero-order valence-electron chi connectivity index (χ0n) is 11.9. The molecule has 5 nitrogen and oxygen atoms in total. The van der Waals surface area contributed by atoms with E-state index < -0.39 is 0 Å². The molecular formula is C14H24N4O. The molecule has 1 aromatic heterocycles. The first kappa shape index (κ1) is 14.2. The Kier molecular flexibility index (Phi) is 5.54. The largest absolute Gasteiger partial charge is 0.376 e. The van der Waals surface area contributed by atoms with Crippen LogP contribution >= 0.6 is 0 Å². The molecule has 0 spiro atoms. The lowest BCUT2D eigenvalue weighted by Gasteiger charge is -2.21. The van der Waals surface area contributed by atoms with Crippen molar-refractivity contribution in [1.29, 1.82) is 0 Å². The first-order valence-corrected chi connectivity index (χ1v) is 7.15. The van der Waals surface area contributed by atoms with Crippen LogP contribution in [0.1, 0.15) is 31.9 Å². The number of hydrogen-bond acceptors (Lipinski definition) is 5. The smallest absolute Gasteiger partial charge is 0.151 e. The lowest BCUT2D eigenvalue weighted by atomic mass is 10.2. The molecule has 0 amide bonds. The highest BCUT2D eigenvalue weighted by molar-refractivity contribution is 5.36. The minimum Gasteiger partial charge on any atom is -0.376 e. The van der Waals surface area contributed by atoms with Crippen LogP contribution in [0, 0.1) is 0 Å². The molecule has 106 valence electrons. The van der Waals surface area contributed by atoms with E-state index in [1.807, 2.05) is 19.2 Å². The minimum atomic E-state index is 0.345. The van der Waals surface area contributed by atoms with Crippen molar-refractivity contribution in [3.8, 4) is 0 Å². The van der Waals surface area contributed by atoms with E-state index >= 15 is 0 Å². The Morgan fingerprint density at radius 2 is 2.32 bits per heavy atom. The molecule has 19 heavy (non-hydrogen) atoms. The number of aromatic nitrogens is 2. The van der Waals surface area contributed by atoms with Crippen molar-refractivity contribution in [2.75, 3.05) is 31.6 Å². The average molecular weight is 264 g/mol. The molecule has 1 N–H and O–H groups in total. The Balaban J connectivity index is 1.82. The molecule has 1 aliphatic rings. The summed E-state index contributed by atoms with van der Waals surface area (Å²) in [5, 5.41) is 11.9. The van der Waals surface area contributed by atoms with Crippen LogP contribution in [0.3, 0.4) is 0 Å². The van der Waals surface area contributed by atoms with Crippen LogP contribution in [0.4, 0.5) is 5.82 Å². The van der Waals surface area contributed by atoms with Gasteiger partial charge < -0.3 is 15.0 Å². The van der Waals surface area contributed by atoms with Gasteiger partial charge in [-0.3, -0.25) is 0 Å². The molecular weight excluding hydrogens is 240 g/mol. The van der Waals surface area contributed by atoms with Crippen molar-refractivity contribution in [2.45, 2.75) is 38.8 Å². The summed E-state index contributed by atoms with van der Waals surface area (Å²) in [6, 6.07) is 4.07. The van der Waals surface area contributed by atoms with Crippen LogP contribution < -0.4 is 10.2 Å². The summed E-state index contributed by atoms with van der Waals surface area (Å²) < 4.78 is 5.63. The van der Waals surface area contributed by atoms with E-state index in [9.17, 15) is 0 Å². The second-order valence-electron chi connectivity index (χ2n) is 5.08.